The topological polar surface area (TPSA) is 87.4 Å². The molecule has 2 aromatic heterocycles. The Balaban J connectivity index is 1.47. The van der Waals surface area contributed by atoms with Gasteiger partial charge in [-0.1, -0.05) is 6.07 Å². The number of amides is 1. The van der Waals surface area contributed by atoms with E-state index in [-0.39, 0.29) is 24.8 Å². The maximum atomic E-state index is 12.6. The zero-order chi connectivity index (χ0) is 18.3. The van der Waals surface area contributed by atoms with Gasteiger partial charge in [0, 0.05) is 25.2 Å². The lowest BCUT2D eigenvalue weighted by Gasteiger charge is -2.08. The maximum Gasteiger partial charge on any atom is 0.277 e. The van der Waals surface area contributed by atoms with Crippen molar-refractivity contribution in [3.8, 4) is 11.5 Å². The van der Waals surface area contributed by atoms with Gasteiger partial charge in [-0.2, -0.15) is 5.10 Å². The number of aryl methyl sites for hydroxylation is 2. The van der Waals surface area contributed by atoms with Gasteiger partial charge in [-0.3, -0.25) is 14.3 Å². The predicted octanol–water partition coefficient (Wildman–Crippen LogP) is 1.09. The molecular weight excluding hydrogens is 336 g/mol. The molecule has 4 rings (SSSR count). The number of carbonyl (C=O) groups is 1. The summed E-state index contributed by atoms with van der Waals surface area (Å²) in [6, 6.07) is 7.32. The average molecular weight is 354 g/mol. The van der Waals surface area contributed by atoms with Crippen LogP contribution in [0.1, 0.15) is 11.3 Å². The van der Waals surface area contributed by atoms with Crippen LogP contribution >= 0.6 is 0 Å². The van der Waals surface area contributed by atoms with E-state index in [0.717, 1.165) is 16.6 Å². The minimum absolute atomic E-state index is 0.0520. The fourth-order valence-electron chi connectivity index (χ4n) is 3.08. The highest BCUT2D eigenvalue weighted by Crippen LogP contribution is 2.32. The quantitative estimate of drug-likeness (QED) is 0.758. The number of aromatic nitrogens is 3. The van der Waals surface area contributed by atoms with E-state index in [1.54, 1.807) is 17.9 Å². The van der Waals surface area contributed by atoms with Gasteiger partial charge < -0.3 is 19.4 Å². The van der Waals surface area contributed by atoms with Gasteiger partial charge in [0.25, 0.3) is 5.56 Å². The molecule has 0 radical (unpaired) electrons. The molecule has 0 bridgehead atoms. The number of nitrogens with one attached hydrogen (secondary N) is 1. The third kappa shape index (κ3) is 2.79. The number of hydrogen-bond donors (Lipinski definition) is 1. The molecule has 1 N–H and O–H groups in total. The number of rotatable bonds is 4. The van der Waals surface area contributed by atoms with Crippen LogP contribution in [0.4, 0.5) is 0 Å². The number of pyridine rings is 1. The molecule has 3 heterocycles. The number of hydrogen-bond acceptors (Lipinski definition) is 5. The summed E-state index contributed by atoms with van der Waals surface area (Å²) < 4.78 is 13.5. The summed E-state index contributed by atoms with van der Waals surface area (Å²) in [7, 11) is 1.72. The van der Waals surface area contributed by atoms with Crippen molar-refractivity contribution in [1.29, 1.82) is 0 Å². The molecule has 0 atom stereocenters. The molecule has 8 heteroatoms. The third-order valence-electron chi connectivity index (χ3n) is 4.39. The molecule has 3 aromatic rings. The Bertz CT molecular complexity index is 1070. The summed E-state index contributed by atoms with van der Waals surface area (Å²) >= 11 is 0. The van der Waals surface area contributed by atoms with Crippen LogP contribution < -0.4 is 20.3 Å². The summed E-state index contributed by atoms with van der Waals surface area (Å²) in [5.41, 5.74) is 1.95. The van der Waals surface area contributed by atoms with Crippen LogP contribution in [-0.4, -0.2) is 27.0 Å². The van der Waals surface area contributed by atoms with Gasteiger partial charge >= 0.3 is 0 Å². The van der Waals surface area contributed by atoms with Crippen LogP contribution in [-0.2, 0) is 24.9 Å². The van der Waals surface area contributed by atoms with Crippen molar-refractivity contribution in [2.75, 3.05) is 6.79 Å². The lowest BCUT2D eigenvalue weighted by Crippen LogP contribution is -2.32. The Labute approximate surface area is 148 Å². The van der Waals surface area contributed by atoms with Gasteiger partial charge in [0.15, 0.2) is 11.5 Å². The minimum atomic E-state index is -0.247. The van der Waals surface area contributed by atoms with E-state index in [0.29, 0.717) is 23.6 Å². The molecular formula is C18H18N4O4. The standard InChI is InChI=1S/C18H18N4O4/c1-11-13-5-6-22(18(24)17(13)21(2)20-11)9-16(23)19-8-12-3-4-14-15(7-12)26-10-25-14/h3-7H,8-10H2,1-2H3,(H,19,23). The van der Waals surface area contributed by atoms with Crippen LogP contribution in [0.3, 0.4) is 0 Å². The molecule has 8 nitrogen and oxygen atoms in total. The first kappa shape index (κ1) is 16.2. The summed E-state index contributed by atoms with van der Waals surface area (Å²) in [6.45, 7) is 2.36. The van der Waals surface area contributed by atoms with E-state index in [4.69, 9.17) is 9.47 Å². The van der Waals surface area contributed by atoms with E-state index in [9.17, 15) is 9.59 Å². The van der Waals surface area contributed by atoms with Gasteiger partial charge in [-0.15, -0.1) is 0 Å². The fraction of sp³-hybridized carbons (Fsp3) is 0.278. The molecule has 1 amide bonds. The van der Waals surface area contributed by atoms with Crippen LogP contribution in [0.2, 0.25) is 0 Å². The minimum Gasteiger partial charge on any atom is -0.454 e. The largest absolute Gasteiger partial charge is 0.454 e. The van der Waals surface area contributed by atoms with Crippen LogP contribution in [0, 0.1) is 6.92 Å². The van der Waals surface area contributed by atoms with Crippen molar-refractivity contribution in [2.45, 2.75) is 20.0 Å². The monoisotopic (exact) mass is 354 g/mol. The average Bonchev–Trinajstić information content (AvgIpc) is 3.19. The highest BCUT2D eigenvalue weighted by molar-refractivity contribution is 5.81. The first-order valence-corrected chi connectivity index (χ1v) is 8.21. The molecule has 0 fully saturated rings. The predicted molar refractivity (Wildman–Crippen MR) is 94.1 cm³/mol. The highest BCUT2D eigenvalue weighted by Gasteiger charge is 2.15. The molecule has 1 aliphatic rings. The smallest absolute Gasteiger partial charge is 0.277 e. The number of ether oxygens (including phenoxy) is 2. The molecule has 26 heavy (non-hydrogen) atoms. The molecule has 0 spiro atoms. The molecule has 134 valence electrons. The van der Waals surface area contributed by atoms with E-state index >= 15 is 0 Å². The Morgan fingerprint density at radius 3 is 2.92 bits per heavy atom. The molecule has 1 aliphatic heterocycles. The fourth-order valence-corrected chi connectivity index (χ4v) is 3.08. The molecule has 0 unspecified atom stereocenters. The Morgan fingerprint density at radius 2 is 2.08 bits per heavy atom. The van der Waals surface area contributed by atoms with E-state index in [1.807, 2.05) is 31.2 Å². The van der Waals surface area contributed by atoms with Gasteiger partial charge in [0.2, 0.25) is 12.7 Å². The number of fused-ring (bicyclic) bond motifs is 2. The second kappa shape index (κ2) is 6.21. The van der Waals surface area contributed by atoms with Crippen molar-refractivity contribution < 1.29 is 14.3 Å². The number of benzene rings is 1. The molecule has 0 aliphatic carbocycles. The lowest BCUT2D eigenvalue weighted by molar-refractivity contribution is -0.121. The summed E-state index contributed by atoms with van der Waals surface area (Å²) in [6.07, 6.45) is 1.62. The SMILES string of the molecule is Cc1nn(C)c2c(=O)n(CC(=O)NCc3ccc4c(c3)OCO4)ccc12. The normalized spacial score (nSPS) is 12.5. The van der Waals surface area contributed by atoms with Crippen molar-refractivity contribution in [2.24, 2.45) is 7.05 Å². The third-order valence-corrected chi connectivity index (χ3v) is 4.39. The van der Waals surface area contributed by atoms with Crippen molar-refractivity contribution in [3.05, 3.63) is 52.1 Å². The highest BCUT2D eigenvalue weighted by atomic mass is 16.7. The number of carbonyl (C=O) groups excluding carboxylic acids is 1. The first-order chi connectivity index (χ1) is 12.5. The lowest BCUT2D eigenvalue weighted by atomic mass is 10.2. The second-order valence-electron chi connectivity index (χ2n) is 6.18. The van der Waals surface area contributed by atoms with Gasteiger partial charge in [0.05, 0.1) is 5.69 Å². The van der Waals surface area contributed by atoms with Gasteiger partial charge in [0.1, 0.15) is 12.1 Å². The summed E-state index contributed by atoms with van der Waals surface area (Å²) in [5, 5.41) is 7.87. The maximum absolute atomic E-state index is 12.6. The van der Waals surface area contributed by atoms with Gasteiger partial charge in [-0.25, -0.2) is 0 Å². The molecule has 0 saturated heterocycles. The summed E-state index contributed by atoms with van der Waals surface area (Å²) in [4.78, 5) is 24.8. The summed E-state index contributed by atoms with van der Waals surface area (Å²) in [5.74, 6) is 1.12. The van der Waals surface area contributed by atoms with E-state index in [2.05, 4.69) is 10.4 Å². The Morgan fingerprint density at radius 1 is 1.27 bits per heavy atom. The Kier molecular flexibility index (Phi) is 3.87. The van der Waals surface area contributed by atoms with Crippen molar-refractivity contribution >= 4 is 16.8 Å². The van der Waals surface area contributed by atoms with E-state index in [1.165, 1.54) is 4.57 Å². The molecule has 0 saturated carbocycles. The van der Waals surface area contributed by atoms with Crippen molar-refractivity contribution in [1.82, 2.24) is 19.7 Å². The van der Waals surface area contributed by atoms with Gasteiger partial charge in [-0.05, 0) is 30.7 Å². The van der Waals surface area contributed by atoms with Crippen molar-refractivity contribution in [3.63, 3.8) is 0 Å². The van der Waals surface area contributed by atoms with E-state index < -0.39 is 0 Å². The van der Waals surface area contributed by atoms with Crippen LogP contribution in [0.25, 0.3) is 10.9 Å². The molecule has 1 aromatic carbocycles. The zero-order valence-corrected chi connectivity index (χ0v) is 14.5. The van der Waals surface area contributed by atoms with Crippen LogP contribution in [0.5, 0.6) is 11.5 Å². The number of nitrogens with zero attached hydrogens (tertiary/aromatic N) is 3. The zero-order valence-electron chi connectivity index (χ0n) is 14.5. The van der Waals surface area contributed by atoms with Crippen LogP contribution in [0.15, 0.2) is 35.3 Å². The second-order valence-corrected chi connectivity index (χ2v) is 6.18. The first-order valence-electron chi connectivity index (χ1n) is 8.21. The Hall–Kier alpha value is -3.29.